The van der Waals surface area contributed by atoms with Gasteiger partial charge in [-0.05, 0) is 19.1 Å². The molecule has 19 heavy (non-hydrogen) atoms. The van der Waals surface area contributed by atoms with Crippen LogP contribution in [0, 0.1) is 12.7 Å². The van der Waals surface area contributed by atoms with Crippen LogP contribution >= 0.6 is 0 Å². The second-order valence-electron chi connectivity index (χ2n) is 4.16. The number of nitrogens with zero attached hydrogens (tertiary/aromatic N) is 3. The number of benzene rings is 1. The zero-order chi connectivity index (χ0) is 14.0. The highest BCUT2D eigenvalue weighted by Gasteiger charge is 2.17. The van der Waals surface area contributed by atoms with Crippen LogP contribution in [0.2, 0.25) is 0 Å². The van der Waals surface area contributed by atoms with Crippen molar-refractivity contribution in [2.75, 3.05) is 7.05 Å². The SMILES string of the molecule is Cc1nc(CN(C)C(=O)c2ccc(F)cc2O)n[nH]1. The van der Waals surface area contributed by atoms with Gasteiger partial charge in [0.1, 0.15) is 17.4 Å². The van der Waals surface area contributed by atoms with Crippen molar-refractivity contribution >= 4 is 5.91 Å². The Labute approximate surface area is 108 Å². The molecule has 0 aliphatic heterocycles. The summed E-state index contributed by atoms with van der Waals surface area (Å²) in [4.78, 5) is 17.5. The van der Waals surface area contributed by atoms with Gasteiger partial charge in [-0.2, -0.15) is 5.10 Å². The van der Waals surface area contributed by atoms with E-state index in [-0.39, 0.29) is 17.9 Å². The fourth-order valence-corrected chi connectivity index (χ4v) is 1.63. The summed E-state index contributed by atoms with van der Waals surface area (Å²) in [6.45, 7) is 1.95. The first-order valence-corrected chi connectivity index (χ1v) is 5.59. The standard InChI is InChI=1S/C12H13FN4O2/c1-7-14-11(16-15-7)6-17(2)12(19)9-4-3-8(13)5-10(9)18/h3-5,18H,6H2,1-2H3,(H,14,15,16). The third-order valence-electron chi connectivity index (χ3n) is 2.56. The third-order valence-corrected chi connectivity index (χ3v) is 2.56. The molecule has 0 fully saturated rings. The highest BCUT2D eigenvalue weighted by atomic mass is 19.1. The summed E-state index contributed by atoms with van der Waals surface area (Å²) in [5, 5.41) is 16.1. The van der Waals surface area contributed by atoms with Crippen molar-refractivity contribution in [1.29, 1.82) is 0 Å². The molecule has 1 aromatic heterocycles. The topological polar surface area (TPSA) is 82.1 Å². The summed E-state index contributed by atoms with van der Waals surface area (Å²) < 4.78 is 12.9. The molecular formula is C12H13FN4O2. The van der Waals surface area contributed by atoms with E-state index in [1.165, 1.54) is 11.0 Å². The first-order chi connectivity index (χ1) is 8.97. The maximum atomic E-state index is 12.9. The van der Waals surface area contributed by atoms with E-state index in [1.54, 1.807) is 14.0 Å². The van der Waals surface area contributed by atoms with E-state index < -0.39 is 11.7 Å². The first-order valence-electron chi connectivity index (χ1n) is 5.59. The number of aromatic nitrogens is 3. The fraction of sp³-hybridized carbons (Fsp3) is 0.250. The van der Waals surface area contributed by atoms with Gasteiger partial charge in [0.15, 0.2) is 5.82 Å². The Morgan fingerprint density at radius 3 is 2.84 bits per heavy atom. The molecule has 0 aliphatic rings. The Morgan fingerprint density at radius 2 is 2.26 bits per heavy atom. The van der Waals surface area contributed by atoms with Crippen LogP contribution in [0.15, 0.2) is 18.2 Å². The first kappa shape index (κ1) is 13.0. The third kappa shape index (κ3) is 2.87. The number of aryl methyl sites for hydroxylation is 1. The number of halogens is 1. The number of carbonyl (C=O) groups is 1. The van der Waals surface area contributed by atoms with E-state index in [1.807, 2.05) is 0 Å². The van der Waals surface area contributed by atoms with Crippen molar-refractivity contribution in [3.05, 3.63) is 41.2 Å². The summed E-state index contributed by atoms with van der Waals surface area (Å²) in [5.41, 5.74) is 0.0381. The van der Waals surface area contributed by atoms with E-state index >= 15 is 0 Å². The van der Waals surface area contributed by atoms with E-state index in [9.17, 15) is 14.3 Å². The Bertz CT molecular complexity index is 612. The van der Waals surface area contributed by atoms with Gasteiger partial charge >= 0.3 is 0 Å². The summed E-state index contributed by atoms with van der Waals surface area (Å²) >= 11 is 0. The molecule has 100 valence electrons. The molecule has 0 saturated heterocycles. The number of phenols is 1. The van der Waals surface area contributed by atoms with Crippen LogP contribution in [0.25, 0.3) is 0 Å². The van der Waals surface area contributed by atoms with Crippen molar-refractivity contribution in [3.8, 4) is 5.75 Å². The minimum absolute atomic E-state index is 0.0381. The van der Waals surface area contributed by atoms with E-state index in [0.717, 1.165) is 12.1 Å². The quantitative estimate of drug-likeness (QED) is 0.873. The molecule has 1 amide bonds. The maximum absolute atomic E-state index is 12.9. The molecule has 0 radical (unpaired) electrons. The van der Waals surface area contributed by atoms with Crippen LogP contribution in [0.3, 0.4) is 0 Å². The largest absolute Gasteiger partial charge is 0.507 e. The highest BCUT2D eigenvalue weighted by molar-refractivity contribution is 5.96. The Kier molecular flexibility index (Phi) is 3.46. The Balaban J connectivity index is 2.14. The molecule has 1 aromatic carbocycles. The van der Waals surface area contributed by atoms with Crippen molar-refractivity contribution in [2.45, 2.75) is 13.5 Å². The Morgan fingerprint density at radius 1 is 1.53 bits per heavy atom. The molecule has 0 unspecified atom stereocenters. The smallest absolute Gasteiger partial charge is 0.257 e. The minimum atomic E-state index is -0.596. The van der Waals surface area contributed by atoms with Crippen molar-refractivity contribution in [1.82, 2.24) is 20.1 Å². The molecule has 0 saturated carbocycles. The lowest BCUT2D eigenvalue weighted by molar-refractivity contribution is 0.0778. The number of aromatic amines is 1. The molecular weight excluding hydrogens is 251 g/mol. The second kappa shape index (κ2) is 5.05. The summed E-state index contributed by atoms with van der Waals surface area (Å²) in [6, 6.07) is 3.27. The number of carbonyl (C=O) groups excluding carboxylic acids is 1. The molecule has 6 nitrogen and oxygen atoms in total. The molecule has 2 N–H and O–H groups in total. The summed E-state index contributed by atoms with van der Waals surface area (Å²) in [7, 11) is 1.55. The normalized spacial score (nSPS) is 10.5. The maximum Gasteiger partial charge on any atom is 0.257 e. The number of H-pyrrole nitrogens is 1. The molecule has 2 rings (SSSR count). The number of nitrogens with one attached hydrogen (secondary N) is 1. The summed E-state index contributed by atoms with van der Waals surface area (Å²) in [5.74, 6) is -0.292. The molecule has 0 atom stereocenters. The van der Waals surface area contributed by atoms with Crippen molar-refractivity contribution < 1.29 is 14.3 Å². The van der Waals surface area contributed by atoms with Gasteiger partial charge in [0.25, 0.3) is 5.91 Å². The van der Waals surface area contributed by atoms with Gasteiger partial charge in [-0.1, -0.05) is 0 Å². The van der Waals surface area contributed by atoms with Crippen LogP contribution in [-0.4, -0.2) is 38.1 Å². The average Bonchev–Trinajstić information content (AvgIpc) is 2.74. The van der Waals surface area contributed by atoms with Crippen LogP contribution < -0.4 is 0 Å². The molecule has 2 aromatic rings. The van der Waals surface area contributed by atoms with E-state index in [2.05, 4.69) is 15.2 Å². The number of aromatic hydroxyl groups is 1. The predicted octanol–water partition coefficient (Wildman–Crippen LogP) is 1.23. The van der Waals surface area contributed by atoms with Gasteiger partial charge in [0.05, 0.1) is 12.1 Å². The lowest BCUT2D eigenvalue weighted by Crippen LogP contribution is -2.26. The van der Waals surface area contributed by atoms with Gasteiger partial charge in [-0.3, -0.25) is 9.89 Å². The molecule has 1 heterocycles. The van der Waals surface area contributed by atoms with Crippen molar-refractivity contribution in [2.24, 2.45) is 0 Å². The number of phenolic OH excluding ortho intramolecular Hbond substituents is 1. The van der Waals surface area contributed by atoms with Gasteiger partial charge in [0, 0.05) is 13.1 Å². The lowest BCUT2D eigenvalue weighted by atomic mass is 10.1. The molecule has 0 bridgehead atoms. The van der Waals surface area contributed by atoms with Crippen LogP contribution in [0.5, 0.6) is 5.75 Å². The van der Waals surface area contributed by atoms with Crippen LogP contribution in [0.4, 0.5) is 4.39 Å². The van der Waals surface area contributed by atoms with E-state index in [0.29, 0.717) is 11.6 Å². The number of rotatable bonds is 3. The monoisotopic (exact) mass is 264 g/mol. The zero-order valence-electron chi connectivity index (χ0n) is 10.5. The predicted molar refractivity (Wildman–Crippen MR) is 65.0 cm³/mol. The molecule has 0 aliphatic carbocycles. The summed E-state index contributed by atoms with van der Waals surface area (Å²) in [6.07, 6.45) is 0. The van der Waals surface area contributed by atoms with E-state index in [4.69, 9.17) is 0 Å². The second-order valence-corrected chi connectivity index (χ2v) is 4.16. The number of amides is 1. The fourth-order valence-electron chi connectivity index (χ4n) is 1.63. The molecule has 7 heteroatoms. The highest BCUT2D eigenvalue weighted by Crippen LogP contribution is 2.19. The van der Waals surface area contributed by atoms with Gasteiger partial charge in [-0.25, -0.2) is 9.37 Å². The van der Waals surface area contributed by atoms with Gasteiger partial charge < -0.3 is 10.0 Å². The molecule has 0 spiro atoms. The zero-order valence-corrected chi connectivity index (χ0v) is 10.5. The average molecular weight is 264 g/mol. The number of hydrogen-bond acceptors (Lipinski definition) is 4. The van der Waals surface area contributed by atoms with Crippen LogP contribution in [0.1, 0.15) is 22.0 Å². The van der Waals surface area contributed by atoms with Gasteiger partial charge in [-0.15, -0.1) is 0 Å². The van der Waals surface area contributed by atoms with Crippen LogP contribution in [-0.2, 0) is 6.54 Å². The Hall–Kier alpha value is -2.44. The number of hydrogen-bond donors (Lipinski definition) is 2. The lowest BCUT2D eigenvalue weighted by Gasteiger charge is -2.15. The van der Waals surface area contributed by atoms with Crippen molar-refractivity contribution in [3.63, 3.8) is 0 Å². The minimum Gasteiger partial charge on any atom is -0.507 e. The van der Waals surface area contributed by atoms with Gasteiger partial charge in [0.2, 0.25) is 0 Å².